The van der Waals surface area contributed by atoms with Crippen LogP contribution in [0, 0.1) is 23.7 Å². The molecule has 2 aliphatic carbocycles. The van der Waals surface area contributed by atoms with E-state index in [1.807, 2.05) is 0 Å². The summed E-state index contributed by atoms with van der Waals surface area (Å²) in [7, 11) is -1.65. The first kappa shape index (κ1) is 17.5. The van der Waals surface area contributed by atoms with Crippen LogP contribution >= 0.6 is 0 Å². The lowest BCUT2D eigenvalue weighted by molar-refractivity contribution is -0.493. The molecule has 0 aromatic rings. The van der Waals surface area contributed by atoms with E-state index >= 15 is 0 Å². The monoisotopic (exact) mass is 354 g/mol. The maximum absolute atomic E-state index is 6.64. The Morgan fingerprint density at radius 2 is 1.75 bits per heavy atom. The summed E-state index contributed by atoms with van der Waals surface area (Å²) in [5, 5.41) is 0. The molecule has 2 saturated carbocycles. The van der Waals surface area contributed by atoms with E-state index in [-0.39, 0.29) is 23.6 Å². The highest BCUT2D eigenvalue weighted by atomic mass is 28.4. The van der Waals surface area contributed by atoms with Crippen LogP contribution in [0.25, 0.3) is 0 Å². The summed E-state index contributed by atoms with van der Waals surface area (Å²) in [6.45, 7) is 13.6. The fourth-order valence-electron chi connectivity index (χ4n) is 5.90. The molecule has 8 atom stereocenters. The lowest BCUT2D eigenvalue weighted by Gasteiger charge is -2.61. The third-order valence-corrected chi connectivity index (χ3v) is 8.04. The number of hydrogen-bond acceptors (Lipinski definition) is 4. The van der Waals surface area contributed by atoms with Gasteiger partial charge in [0.15, 0.2) is 14.6 Å². The molecule has 0 radical (unpaired) electrons. The zero-order valence-corrected chi connectivity index (χ0v) is 17.1. The summed E-state index contributed by atoms with van der Waals surface area (Å²) in [6, 6.07) is 0. The van der Waals surface area contributed by atoms with Crippen molar-refractivity contribution in [1.29, 1.82) is 0 Å². The van der Waals surface area contributed by atoms with Crippen molar-refractivity contribution in [3.8, 4) is 0 Å². The Labute approximate surface area is 147 Å². The molecule has 0 N–H and O–H groups in total. The Hall–Kier alpha value is 0.0569. The van der Waals surface area contributed by atoms with Gasteiger partial charge in [-0.05, 0) is 64.1 Å². The van der Waals surface area contributed by atoms with Crippen LogP contribution < -0.4 is 0 Å². The first-order chi connectivity index (χ1) is 11.1. The lowest BCUT2D eigenvalue weighted by atomic mass is 9.56. The van der Waals surface area contributed by atoms with E-state index in [4.69, 9.17) is 18.9 Å². The summed E-state index contributed by atoms with van der Waals surface area (Å²) >= 11 is 0. The van der Waals surface area contributed by atoms with E-state index in [2.05, 4.69) is 40.4 Å². The van der Waals surface area contributed by atoms with E-state index in [0.29, 0.717) is 23.7 Å². The van der Waals surface area contributed by atoms with Crippen molar-refractivity contribution in [3.63, 3.8) is 0 Å². The Bertz CT molecular complexity index is 506. The molecule has 5 heteroatoms. The largest absolute Gasteiger partial charge is 0.393 e. The maximum atomic E-state index is 6.64. The van der Waals surface area contributed by atoms with Crippen LogP contribution in [0.4, 0.5) is 0 Å². The molecule has 0 aromatic carbocycles. The van der Waals surface area contributed by atoms with E-state index in [1.54, 1.807) is 0 Å². The van der Waals surface area contributed by atoms with Crippen molar-refractivity contribution >= 4 is 8.32 Å². The fraction of sp³-hybridized carbons (Fsp3) is 1.00. The van der Waals surface area contributed by atoms with Gasteiger partial charge in [0.1, 0.15) is 11.2 Å². The Morgan fingerprint density at radius 1 is 1.00 bits per heavy atom. The van der Waals surface area contributed by atoms with Crippen LogP contribution in [0.1, 0.15) is 52.9 Å². The van der Waals surface area contributed by atoms with Gasteiger partial charge in [-0.1, -0.05) is 13.8 Å². The molecule has 138 valence electrons. The van der Waals surface area contributed by atoms with Crippen molar-refractivity contribution in [2.75, 3.05) is 0 Å². The highest BCUT2D eigenvalue weighted by molar-refractivity contribution is 6.69. The van der Waals surface area contributed by atoms with Crippen molar-refractivity contribution < 1.29 is 18.9 Å². The molecule has 3 aliphatic heterocycles. The molecule has 5 fully saturated rings. The molecule has 3 saturated heterocycles. The Morgan fingerprint density at radius 3 is 2.46 bits per heavy atom. The van der Waals surface area contributed by atoms with Crippen LogP contribution in [-0.4, -0.2) is 31.9 Å². The molecule has 24 heavy (non-hydrogen) atoms. The second-order valence-corrected chi connectivity index (χ2v) is 14.5. The molecule has 5 rings (SSSR count). The van der Waals surface area contributed by atoms with Crippen molar-refractivity contribution in [2.45, 2.75) is 96.1 Å². The highest BCUT2D eigenvalue weighted by Gasteiger charge is 2.68. The summed E-state index contributed by atoms with van der Waals surface area (Å²) in [5.74, 6) is 2.05. The van der Waals surface area contributed by atoms with Gasteiger partial charge in [0.05, 0.1) is 6.10 Å². The molecule has 2 bridgehead atoms. The minimum absolute atomic E-state index is 0.0853. The Kier molecular flexibility index (Phi) is 4.02. The highest BCUT2D eigenvalue weighted by Crippen LogP contribution is 2.61. The average molecular weight is 355 g/mol. The molecule has 3 heterocycles. The molecule has 0 amide bonds. The lowest BCUT2D eigenvalue weighted by Crippen LogP contribution is -2.70. The molecule has 5 aliphatic rings. The van der Waals surface area contributed by atoms with Gasteiger partial charge >= 0.3 is 0 Å². The van der Waals surface area contributed by atoms with Crippen LogP contribution in [0.15, 0.2) is 0 Å². The smallest absolute Gasteiger partial charge is 0.187 e. The number of ether oxygens (including phenoxy) is 1. The normalized spacial score (nSPS) is 54.2. The molecule has 1 spiro atoms. The van der Waals surface area contributed by atoms with Gasteiger partial charge in [0.2, 0.25) is 0 Å². The van der Waals surface area contributed by atoms with Crippen LogP contribution in [0.2, 0.25) is 19.6 Å². The van der Waals surface area contributed by atoms with Gasteiger partial charge in [-0.2, -0.15) is 0 Å². The molecular formula is C19H34O4Si. The van der Waals surface area contributed by atoms with Gasteiger partial charge in [0.25, 0.3) is 0 Å². The first-order valence-electron chi connectivity index (χ1n) is 9.85. The Balaban J connectivity index is 1.72. The zero-order chi connectivity index (χ0) is 17.3. The third-order valence-electron chi connectivity index (χ3n) is 7.10. The van der Waals surface area contributed by atoms with Crippen LogP contribution in [-0.2, 0) is 18.9 Å². The standard InChI is InChI=1S/C19H34O4Si/c1-12-7-8-15-13(2)17(21-24(4,5)6)20-16-11-18(3)10-9-14(12)19(15,16)23-22-18/h12-17H,7-11H2,1-6H3/t12-,13-,14+,15+,16-,17?,18-,19-/m1/s1. The predicted octanol–water partition coefficient (Wildman–Crippen LogP) is 4.50. The summed E-state index contributed by atoms with van der Waals surface area (Å²) in [5.41, 5.74) is -0.464. The second kappa shape index (κ2) is 5.53. The minimum atomic E-state index is -1.65. The van der Waals surface area contributed by atoms with Gasteiger partial charge in [-0.15, -0.1) is 0 Å². The van der Waals surface area contributed by atoms with Gasteiger partial charge in [0, 0.05) is 18.3 Å². The first-order valence-corrected chi connectivity index (χ1v) is 13.3. The van der Waals surface area contributed by atoms with Crippen LogP contribution in [0.5, 0.6) is 0 Å². The summed E-state index contributed by atoms with van der Waals surface area (Å²) in [4.78, 5) is 12.3. The predicted molar refractivity (Wildman–Crippen MR) is 94.8 cm³/mol. The third kappa shape index (κ3) is 2.54. The molecule has 4 nitrogen and oxygen atoms in total. The van der Waals surface area contributed by atoms with Crippen molar-refractivity contribution in [3.05, 3.63) is 0 Å². The summed E-state index contributed by atoms with van der Waals surface area (Å²) < 4.78 is 13.1. The minimum Gasteiger partial charge on any atom is -0.393 e. The van der Waals surface area contributed by atoms with Crippen molar-refractivity contribution in [1.82, 2.24) is 0 Å². The van der Waals surface area contributed by atoms with Gasteiger partial charge < -0.3 is 9.16 Å². The van der Waals surface area contributed by atoms with Gasteiger partial charge in [-0.25, -0.2) is 9.78 Å². The molecular weight excluding hydrogens is 320 g/mol. The fourth-order valence-corrected chi connectivity index (χ4v) is 6.87. The molecule has 0 aromatic heterocycles. The topological polar surface area (TPSA) is 36.9 Å². The zero-order valence-electron chi connectivity index (χ0n) is 16.1. The van der Waals surface area contributed by atoms with E-state index in [1.165, 1.54) is 19.3 Å². The number of rotatable bonds is 2. The SMILES string of the molecule is C[C@@H]1CC[C@H]2[C@@H](C)C(O[Si](C)(C)C)O[C@@H]3C[C@@]4(C)CC[C@@H]1[C@]32OO4. The molecule has 1 unspecified atom stereocenters. The van der Waals surface area contributed by atoms with E-state index in [9.17, 15) is 0 Å². The van der Waals surface area contributed by atoms with E-state index < -0.39 is 8.32 Å². The van der Waals surface area contributed by atoms with Gasteiger partial charge in [-0.3, -0.25) is 0 Å². The number of hydrogen-bond donors (Lipinski definition) is 0. The van der Waals surface area contributed by atoms with E-state index in [0.717, 1.165) is 12.8 Å². The second-order valence-electron chi connectivity index (χ2n) is 10.1. The van der Waals surface area contributed by atoms with Crippen molar-refractivity contribution in [2.24, 2.45) is 23.7 Å². The van der Waals surface area contributed by atoms with Crippen LogP contribution in [0.3, 0.4) is 0 Å². The quantitative estimate of drug-likeness (QED) is 0.540. The maximum Gasteiger partial charge on any atom is 0.187 e. The summed E-state index contributed by atoms with van der Waals surface area (Å²) in [6.07, 6.45) is 5.71. The average Bonchev–Trinajstić information content (AvgIpc) is 2.69. The number of fused-ring (bicyclic) bond motifs is 2.